The van der Waals surface area contributed by atoms with Gasteiger partial charge >= 0.3 is 0 Å². The molecule has 2 aliphatic rings. The summed E-state index contributed by atoms with van der Waals surface area (Å²) in [5, 5.41) is 0. The van der Waals surface area contributed by atoms with E-state index < -0.39 is 0 Å². The second kappa shape index (κ2) is 8.67. The van der Waals surface area contributed by atoms with E-state index in [0.717, 1.165) is 39.1 Å². The summed E-state index contributed by atoms with van der Waals surface area (Å²) in [6, 6.07) is 16.3. The van der Waals surface area contributed by atoms with Crippen molar-refractivity contribution in [3.05, 3.63) is 71.3 Å². The average Bonchev–Trinajstić information content (AvgIpc) is 3.27. The highest BCUT2D eigenvalue weighted by molar-refractivity contribution is 6.15. The largest absolute Gasteiger partial charge is 0.377 e. The van der Waals surface area contributed by atoms with Crippen LogP contribution >= 0.6 is 0 Å². The summed E-state index contributed by atoms with van der Waals surface area (Å²) in [4.78, 5) is 30.3. The first-order valence-electron chi connectivity index (χ1n) is 10.0. The fraction of sp³-hybridized carbons (Fsp3) is 0.391. The normalized spacial score (nSPS) is 20.3. The first kappa shape index (κ1) is 18.8. The Kier molecular flexibility index (Phi) is 5.84. The molecule has 0 bridgehead atoms. The summed E-state index contributed by atoms with van der Waals surface area (Å²) < 4.78 is 5.72. The van der Waals surface area contributed by atoms with Gasteiger partial charge in [-0.15, -0.1) is 0 Å². The van der Waals surface area contributed by atoms with Crippen molar-refractivity contribution in [2.45, 2.75) is 18.9 Å². The fourth-order valence-electron chi connectivity index (χ4n) is 3.99. The van der Waals surface area contributed by atoms with Gasteiger partial charge < -0.3 is 9.64 Å². The second-order valence-electron chi connectivity index (χ2n) is 7.47. The minimum Gasteiger partial charge on any atom is -0.377 e. The standard InChI is InChI=1S/C23H26N2O3/c26-22(18-7-2-1-3-8-18)20-10-4-5-11-21(20)23(27)25-14-12-24(13-15-25)17-19-9-6-16-28-19/h1-5,7-8,10-11,19H,6,9,12-17H2. The number of piperazine rings is 1. The van der Waals surface area contributed by atoms with Crippen molar-refractivity contribution in [2.75, 3.05) is 39.3 Å². The molecular formula is C23H26N2O3. The number of carbonyl (C=O) groups is 2. The van der Waals surface area contributed by atoms with Crippen LogP contribution in [-0.2, 0) is 4.74 Å². The molecule has 2 saturated heterocycles. The topological polar surface area (TPSA) is 49.9 Å². The molecular weight excluding hydrogens is 352 g/mol. The molecule has 28 heavy (non-hydrogen) atoms. The molecule has 0 aliphatic carbocycles. The van der Waals surface area contributed by atoms with E-state index in [1.54, 1.807) is 24.3 Å². The van der Waals surface area contributed by atoms with Crippen molar-refractivity contribution >= 4 is 11.7 Å². The van der Waals surface area contributed by atoms with E-state index in [2.05, 4.69) is 4.90 Å². The Morgan fingerprint density at radius 3 is 2.25 bits per heavy atom. The van der Waals surface area contributed by atoms with Gasteiger partial charge in [0.25, 0.3) is 5.91 Å². The number of amides is 1. The number of carbonyl (C=O) groups excluding carboxylic acids is 2. The van der Waals surface area contributed by atoms with E-state index in [4.69, 9.17) is 4.74 Å². The highest BCUT2D eigenvalue weighted by Crippen LogP contribution is 2.19. The lowest BCUT2D eigenvalue weighted by molar-refractivity contribution is 0.0431. The van der Waals surface area contributed by atoms with Crippen LogP contribution in [0.5, 0.6) is 0 Å². The maximum absolute atomic E-state index is 13.1. The van der Waals surface area contributed by atoms with Gasteiger partial charge in [-0.3, -0.25) is 14.5 Å². The van der Waals surface area contributed by atoms with Gasteiger partial charge in [0.15, 0.2) is 5.78 Å². The Morgan fingerprint density at radius 2 is 1.57 bits per heavy atom. The first-order chi connectivity index (χ1) is 13.7. The number of hydrogen-bond donors (Lipinski definition) is 0. The van der Waals surface area contributed by atoms with E-state index in [0.29, 0.717) is 35.9 Å². The van der Waals surface area contributed by atoms with Crippen LogP contribution in [0.15, 0.2) is 54.6 Å². The zero-order valence-corrected chi connectivity index (χ0v) is 16.0. The van der Waals surface area contributed by atoms with Crippen LogP contribution in [0, 0.1) is 0 Å². The lowest BCUT2D eigenvalue weighted by atomic mass is 9.97. The molecule has 2 aliphatic heterocycles. The minimum atomic E-state index is -0.110. The van der Waals surface area contributed by atoms with Gasteiger partial charge in [-0.05, 0) is 18.9 Å². The molecule has 0 N–H and O–H groups in total. The molecule has 5 nitrogen and oxygen atoms in total. The molecule has 2 fully saturated rings. The summed E-state index contributed by atoms with van der Waals surface area (Å²) in [7, 11) is 0. The second-order valence-corrected chi connectivity index (χ2v) is 7.47. The van der Waals surface area contributed by atoms with Gasteiger partial charge in [-0.2, -0.15) is 0 Å². The van der Waals surface area contributed by atoms with Crippen LogP contribution in [-0.4, -0.2) is 66.9 Å². The quantitative estimate of drug-likeness (QED) is 0.751. The zero-order chi connectivity index (χ0) is 19.3. The van der Waals surface area contributed by atoms with Crippen molar-refractivity contribution in [3.63, 3.8) is 0 Å². The van der Waals surface area contributed by atoms with Crippen molar-refractivity contribution in [1.29, 1.82) is 0 Å². The van der Waals surface area contributed by atoms with Crippen LogP contribution in [0.4, 0.5) is 0 Å². The SMILES string of the molecule is O=C(c1ccccc1)c1ccccc1C(=O)N1CCN(CC2CCCO2)CC1. The van der Waals surface area contributed by atoms with Crippen molar-refractivity contribution in [2.24, 2.45) is 0 Å². The van der Waals surface area contributed by atoms with Gasteiger partial charge in [-0.1, -0.05) is 48.5 Å². The van der Waals surface area contributed by atoms with Gasteiger partial charge in [0, 0.05) is 50.5 Å². The number of benzene rings is 2. The van der Waals surface area contributed by atoms with Crippen LogP contribution in [0.3, 0.4) is 0 Å². The van der Waals surface area contributed by atoms with Gasteiger partial charge in [0.2, 0.25) is 0 Å². The summed E-state index contributed by atoms with van der Waals surface area (Å²) in [5.41, 5.74) is 1.56. The van der Waals surface area contributed by atoms with Crippen LogP contribution in [0.2, 0.25) is 0 Å². The molecule has 1 unspecified atom stereocenters. The fourth-order valence-corrected chi connectivity index (χ4v) is 3.99. The van der Waals surface area contributed by atoms with Gasteiger partial charge in [0.1, 0.15) is 0 Å². The number of nitrogens with zero attached hydrogens (tertiary/aromatic N) is 2. The third kappa shape index (κ3) is 4.16. The summed E-state index contributed by atoms with van der Waals surface area (Å²) in [6.07, 6.45) is 2.62. The molecule has 2 aromatic rings. The van der Waals surface area contributed by atoms with E-state index in [1.165, 1.54) is 0 Å². The van der Waals surface area contributed by atoms with E-state index in [9.17, 15) is 9.59 Å². The first-order valence-corrected chi connectivity index (χ1v) is 10.0. The Morgan fingerprint density at radius 1 is 0.893 bits per heavy atom. The number of ether oxygens (including phenoxy) is 1. The number of rotatable bonds is 5. The van der Waals surface area contributed by atoms with Crippen LogP contribution in [0.25, 0.3) is 0 Å². The van der Waals surface area contributed by atoms with Gasteiger partial charge in [-0.25, -0.2) is 0 Å². The van der Waals surface area contributed by atoms with Crippen molar-refractivity contribution < 1.29 is 14.3 Å². The highest BCUT2D eigenvalue weighted by atomic mass is 16.5. The predicted octanol–water partition coefficient (Wildman–Crippen LogP) is 2.85. The molecule has 4 rings (SSSR count). The zero-order valence-electron chi connectivity index (χ0n) is 16.0. The third-order valence-electron chi connectivity index (χ3n) is 5.58. The molecule has 1 atom stereocenters. The maximum Gasteiger partial charge on any atom is 0.254 e. The molecule has 5 heteroatoms. The summed E-state index contributed by atoms with van der Waals surface area (Å²) in [6.45, 7) is 4.88. The van der Waals surface area contributed by atoms with Crippen molar-refractivity contribution in [1.82, 2.24) is 9.80 Å². The van der Waals surface area contributed by atoms with Gasteiger partial charge in [0.05, 0.1) is 11.7 Å². The molecule has 0 radical (unpaired) electrons. The Balaban J connectivity index is 1.43. The van der Waals surface area contributed by atoms with E-state index in [1.807, 2.05) is 35.2 Å². The molecule has 0 spiro atoms. The Labute approximate surface area is 165 Å². The Hall–Kier alpha value is -2.50. The highest BCUT2D eigenvalue weighted by Gasteiger charge is 2.27. The molecule has 2 heterocycles. The average molecular weight is 378 g/mol. The summed E-state index contributed by atoms with van der Waals surface area (Å²) in [5.74, 6) is -0.168. The molecule has 0 saturated carbocycles. The number of ketones is 1. The smallest absolute Gasteiger partial charge is 0.254 e. The Bertz CT molecular complexity index is 823. The number of hydrogen-bond acceptors (Lipinski definition) is 4. The summed E-state index contributed by atoms with van der Waals surface area (Å²) >= 11 is 0. The van der Waals surface area contributed by atoms with E-state index >= 15 is 0 Å². The lowest BCUT2D eigenvalue weighted by Crippen LogP contribution is -2.50. The van der Waals surface area contributed by atoms with Crippen molar-refractivity contribution in [3.8, 4) is 0 Å². The van der Waals surface area contributed by atoms with E-state index in [-0.39, 0.29) is 11.7 Å². The maximum atomic E-state index is 13.1. The van der Waals surface area contributed by atoms with Crippen LogP contribution in [0.1, 0.15) is 39.1 Å². The van der Waals surface area contributed by atoms with Crippen LogP contribution < -0.4 is 0 Å². The monoisotopic (exact) mass is 378 g/mol. The molecule has 0 aromatic heterocycles. The molecule has 146 valence electrons. The predicted molar refractivity (Wildman–Crippen MR) is 108 cm³/mol. The molecule has 2 aromatic carbocycles. The third-order valence-corrected chi connectivity index (χ3v) is 5.58. The lowest BCUT2D eigenvalue weighted by Gasteiger charge is -2.36. The molecule has 1 amide bonds. The minimum absolute atomic E-state index is 0.0587.